The standard InChI is InChI=1S/C20H31N5O.HI/c1-2-21-20(23-12-11-22-19(26)17-8-9-17)24-14-16-10-13-25(15-16)18-6-4-3-5-7-18;/h3-7,16-17H,2,8-15H2,1H3,(H,22,26)(H2,21,23,24);1H. The molecule has 1 unspecified atom stereocenters. The SMILES string of the molecule is CCNC(=NCC1CCN(c2ccccc2)C1)NCCNC(=O)C1CC1.I. The number of anilines is 1. The number of hydrogen-bond acceptors (Lipinski definition) is 3. The molecule has 1 aromatic rings. The third-order valence-electron chi connectivity index (χ3n) is 4.92. The van der Waals surface area contributed by atoms with Crippen molar-refractivity contribution in [2.45, 2.75) is 26.2 Å². The number of nitrogens with zero attached hydrogens (tertiary/aromatic N) is 2. The van der Waals surface area contributed by atoms with Crippen LogP contribution in [0.5, 0.6) is 0 Å². The van der Waals surface area contributed by atoms with Gasteiger partial charge in [-0.25, -0.2) is 0 Å². The second-order valence-corrected chi connectivity index (χ2v) is 7.15. The maximum absolute atomic E-state index is 11.6. The van der Waals surface area contributed by atoms with Crippen molar-refractivity contribution in [1.82, 2.24) is 16.0 Å². The van der Waals surface area contributed by atoms with E-state index in [0.29, 0.717) is 19.0 Å². The van der Waals surface area contributed by atoms with Crippen LogP contribution in [0.4, 0.5) is 5.69 Å². The molecule has 2 aliphatic rings. The highest BCUT2D eigenvalue weighted by molar-refractivity contribution is 14.0. The zero-order valence-corrected chi connectivity index (χ0v) is 18.4. The normalized spacial score (nSPS) is 19.4. The highest BCUT2D eigenvalue weighted by Crippen LogP contribution is 2.28. The van der Waals surface area contributed by atoms with E-state index in [9.17, 15) is 4.79 Å². The Labute approximate surface area is 179 Å². The third-order valence-corrected chi connectivity index (χ3v) is 4.92. The second kappa shape index (κ2) is 11.4. The summed E-state index contributed by atoms with van der Waals surface area (Å²) in [6.45, 7) is 7.23. The number of carbonyl (C=O) groups excluding carboxylic acids is 1. The summed E-state index contributed by atoms with van der Waals surface area (Å²) in [4.78, 5) is 18.8. The summed E-state index contributed by atoms with van der Waals surface area (Å²) >= 11 is 0. The van der Waals surface area contributed by atoms with Gasteiger partial charge >= 0.3 is 0 Å². The molecule has 7 heteroatoms. The molecular weight excluding hydrogens is 453 g/mol. The summed E-state index contributed by atoms with van der Waals surface area (Å²) < 4.78 is 0. The lowest BCUT2D eigenvalue weighted by Gasteiger charge is -2.18. The zero-order chi connectivity index (χ0) is 18.2. The van der Waals surface area contributed by atoms with Gasteiger partial charge in [0.15, 0.2) is 5.96 Å². The van der Waals surface area contributed by atoms with E-state index in [2.05, 4.69) is 58.1 Å². The maximum Gasteiger partial charge on any atom is 0.223 e. The Hall–Kier alpha value is -1.51. The van der Waals surface area contributed by atoms with E-state index < -0.39 is 0 Å². The molecule has 3 rings (SSSR count). The largest absolute Gasteiger partial charge is 0.371 e. The van der Waals surface area contributed by atoms with E-state index in [4.69, 9.17) is 4.99 Å². The van der Waals surface area contributed by atoms with E-state index in [1.165, 1.54) is 12.1 Å². The number of guanidine groups is 1. The second-order valence-electron chi connectivity index (χ2n) is 7.15. The molecule has 3 N–H and O–H groups in total. The Morgan fingerprint density at radius 3 is 2.56 bits per heavy atom. The first-order valence-corrected chi connectivity index (χ1v) is 9.86. The minimum Gasteiger partial charge on any atom is -0.371 e. The van der Waals surface area contributed by atoms with Crippen molar-refractivity contribution in [3.05, 3.63) is 30.3 Å². The predicted molar refractivity (Wildman–Crippen MR) is 122 cm³/mol. The quantitative estimate of drug-likeness (QED) is 0.229. The first-order valence-electron chi connectivity index (χ1n) is 9.86. The molecule has 0 radical (unpaired) electrons. The van der Waals surface area contributed by atoms with E-state index in [0.717, 1.165) is 45.0 Å². The van der Waals surface area contributed by atoms with E-state index in [1.54, 1.807) is 0 Å². The molecule has 0 aromatic heterocycles. The number of benzene rings is 1. The van der Waals surface area contributed by atoms with Gasteiger partial charge in [-0.05, 0) is 44.2 Å². The summed E-state index contributed by atoms with van der Waals surface area (Å²) in [5, 5.41) is 9.57. The fraction of sp³-hybridized carbons (Fsp3) is 0.600. The number of hydrogen-bond donors (Lipinski definition) is 3. The first kappa shape index (κ1) is 21.8. The minimum absolute atomic E-state index is 0. The lowest BCUT2D eigenvalue weighted by molar-refractivity contribution is -0.122. The van der Waals surface area contributed by atoms with Gasteiger partial charge in [-0.2, -0.15) is 0 Å². The molecule has 1 atom stereocenters. The van der Waals surface area contributed by atoms with Gasteiger partial charge in [0.05, 0.1) is 0 Å². The summed E-state index contributed by atoms with van der Waals surface area (Å²) in [6, 6.07) is 10.6. The highest BCUT2D eigenvalue weighted by atomic mass is 127. The van der Waals surface area contributed by atoms with Crippen molar-refractivity contribution in [2.24, 2.45) is 16.8 Å². The van der Waals surface area contributed by atoms with Crippen molar-refractivity contribution < 1.29 is 4.79 Å². The Bertz CT molecular complexity index is 606. The lowest BCUT2D eigenvalue weighted by atomic mass is 10.1. The van der Waals surface area contributed by atoms with Crippen LogP contribution in [0.3, 0.4) is 0 Å². The van der Waals surface area contributed by atoms with Crippen LogP contribution in [-0.4, -0.2) is 51.1 Å². The number of amides is 1. The van der Waals surface area contributed by atoms with Gasteiger partial charge in [-0.3, -0.25) is 9.79 Å². The average Bonchev–Trinajstić information content (AvgIpc) is 3.42. The Balaban J connectivity index is 0.00000261. The van der Waals surface area contributed by atoms with Crippen LogP contribution in [0.1, 0.15) is 26.2 Å². The molecule has 2 fully saturated rings. The van der Waals surface area contributed by atoms with E-state index >= 15 is 0 Å². The minimum atomic E-state index is 0. The molecule has 1 aliphatic heterocycles. The molecule has 1 amide bonds. The van der Waals surface area contributed by atoms with Crippen LogP contribution in [-0.2, 0) is 4.79 Å². The van der Waals surface area contributed by atoms with Crippen LogP contribution in [0.2, 0.25) is 0 Å². The Morgan fingerprint density at radius 2 is 1.85 bits per heavy atom. The first-order chi connectivity index (χ1) is 12.8. The molecule has 1 saturated heterocycles. The van der Waals surface area contributed by atoms with Gasteiger partial charge < -0.3 is 20.9 Å². The Kier molecular flexibility index (Phi) is 9.17. The fourth-order valence-corrected chi connectivity index (χ4v) is 3.27. The van der Waals surface area contributed by atoms with Crippen molar-refractivity contribution in [3.8, 4) is 0 Å². The van der Waals surface area contributed by atoms with Gasteiger partial charge in [0.1, 0.15) is 0 Å². The van der Waals surface area contributed by atoms with Gasteiger partial charge in [-0.15, -0.1) is 24.0 Å². The van der Waals surface area contributed by atoms with Crippen molar-refractivity contribution in [2.75, 3.05) is 44.2 Å². The molecule has 6 nitrogen and oxygen atoms in total. The van der Waals surface area contributed by atoms with Crippen molar-refractivity contribution in [3.63, 3.8) is 0 Å². The summed E-state index contributed by atoms with van der Waals surface area (Å²) in [5.74, 6) is 1.89. The van der Waals surface area contributed by atoms with Gasteiger partial charge in [0.2, 0.25) is 5.91 Å². The molecule has 1 heterocycles. The number of rotatable bonds is 8. The number of aliphatic imine (C=N–C) groups is 1. The summed E-state index contributed by atoms with van der Waals surface area (Å²) in [5.41, 5.74) is 1.30. The third kappa shape index (κ3) is 7.20. The van der Waals surface area contributed by atoms with Crippen molar-refractivity contribution in [1.29, 1.82) is 0 Å². The zero-order valence-electron chi connectivity index (χ0n) is 16.1. The topological polar surface area (TPSA) is 68.8 Å². The number of halogens is 1. The molecular formula is C20H32IN5O. The van der Waals surface area contributed by atoms with Crippen molar-refractivity contribution >= 4 is 41.5 Å². The molecule has 1 saturated carbocycles. The predicted octanol–water partition coefficient (Wildman–Crippen LogP) is 2.21. The Morgan fingerprint density at radius 1 is 1.11 bits per heavy atom. The van der Waals surface area contributed by atoms with E-state index in [-0.39, 0.29) is 35.8 Å². The smallest absolute Gasteiger partial charge is 0.223 e. The molecule has 1 aromatic carbocycles. The summed E-state index contributed by atoms with van der Waals surface area (Å²) in [6.07, 6.45) is 3.27. The molecule has 27 heavy (non-hydrogen) atoms. The fourth-order valence-electron chi connectivity index (χ4n) is 3.27. The lowest BCUT2D eigenvalue weighted by Crippen LogP contribution is -2.42. The maximum atomic E-state index is 11.6. The number of carbonyl (C=O) groups is 1. The highest BCUT2D eigenvalue weighted by Gasteiger charge is 2.29. The molecule has 0 bridgehead atoms. The monoisotopic (exact) mass is 485 g/mol. The van der Waals surface area contributed by atoms with Crippen LogP contribution in [0, 0.1) is 11.8 Å². The number of para-hydroxylation sites is 1. The molecule has 150 valence electrons. The van der Waals surface area contributed by atoms with Gasteiger partial charge in [0, 0.05) is 50.9 Å². The van der Waals surface area contributed by atoms with Crippen LogP contribution in [0.15, 0.2) is 35.3 Å². The molecule has 0 spiro atoms. The summed E-state index contributed by atoms with van der Waals surface area (Å²) in [7, 11) is 0. The van der Waals surface area contributed by atoms with Gasteiger partial charge in [-0.1, -0.05) is 18.2 Å². The van der Waals surface area contributed by atoms with Gasteiger partial charge in [0.25, 0.3) is 0 Å². The van der Waals surface area contributed by atoms with Crippen LogP contribution < -0.4 is 20.9 Å². The average molecular weight is 485 g/mol. The van der Waals surface area contributed by atoms with Crippen LogP contribution >= 0.6 is 24.0 Å². The van der Waals surface area contributed by atoms with Crippen LogP contribution in [0.25, 0.3) is 0 Å². The number of nitrogens with one attached hydrogen (secondary N) is 3. The van der Waals surface area contributed by atoms with E-state index in [1.807, 2.05) is 0 Å². The molecule has 1 aliphatic carbocycles.